The van der Waals surface area contributed by atoms with Crippen molar-refractivity contribution in [2.24, 2.45) is 5.90 Å². The van der Waals surface area contributed by atoms with Gasteiger partial charge in [0.1, 0.15) is 0 Å². The van der Waals surface area contributed by atoms with Gasteiger partial charge in [-0.2, -0.15) is 0 Å². The second-order valence-electron chi connectivity index (χ2n) is 1.82. The molecule has 1 atom stereocenters. The molecule has 0 aliphatic rings. The lowest BCUT2D eigenvalue weighted by Crippen LogP contribution is -1.99. The molecule has 9 heavy (non-hydrogen) atoms. The Bertz CT molecular complexity index is 116. The molecule has 0 bridgehead atoms. The van der Waals surface area contributed by atoms with Crippen LogP contribution in [0.1, 0.15) is 19.8 Å². The summed E-state index contributed by atoms with van der Waals surface area (Å²) in [6.45, 7) is 1.93. The fourth-order valence-electron chi connectivity index (χ4n) is 0.411. The molecule has 0 amide bonds. The maximum atomic E-state index is 10.5. The maximum Gasteiger partial charge on any atom is 0.344 e. The Morgan fingerprint density at radius 3 is 2.67 bits per heavy atom. The lowest BCUT2D eigenvalue weighted by molar-refractivity contribution is 0.267. The first kappa shape index (κ1) is 9.11. The Kier molecular flexibility index (Phi) is 4.06. The second kappa shape index (κ2) is 4.01. The molecule has 4 nitrogen and oxygen atoms in total. The van der Waals surface area contributed by atoms with Crippen molar-refractivity contribution in [1.29, 1.82) is 0 Å². The van der Waals surface area contributed by atoms with Crippen LogP contribution >= 0.6 is 7.60 Å². The van der Waals surface area contributed by atoms with Gasteiger partial charge in [0, 0.05) is 0 Å². The smallest absolute Gasteiger partial charge is 0.323 e. The van der Waals surface area contributed by atoms with Crippen molar-refractivity contribution in [3.8, 4) is 0 Å². The highest BCUT2D eigenvalue weighted by atomic mass is 31.2. The monoisotopic (exact) mass is 153 g/mol. The third-order valence-corrected chi connectivity index (χ3v) is 2.17. The second-order valence-corrected chi connectivity index (χ2v) is 3.75. The number of unbranched alkanes of at least 4 members (excludes halogenated alkanes) is 1. The van der Waals surface area contributed by atoms with Crippen molar-refractivity contribution in [2.45, 2.75) is 19.8 Å². The van der Waals surface area contributed by atoms with Gasteiger partial charge in [-0.1, -0.05) is 13.3 Å². The van der Waals surface area contributed by atoms with Crippen molar-refractivity contribution in [1.82, 2.24) is 0 Å². The first-order chi connectivity index (χ1) is 4.12. The molecule has 5 heteroatoms. The van der Waals surface area contributed by atoms with Crippen LogP contribution in [-0.2, 0) is 9.19 Å². The summed E-state index contributed by atoms with van der Waals surface area (Å²) in [5.41, 5.74) is 0. The zero-order valence-electron chi connectivity index (χ0n) is 5.41. The third kappa shape index (κ3) is 4.60. The van der Waals surface area contributed by atoms with E-state index in [0.717, 1.165) is 6.42 Å². The molecule has 0 fully saturated rings. The molecule has 0 radical (unpaired) electrons. The van der Waals surface area contributed by atoms with Crippen molar-refractivity contribution in [3.63, 3.8) is 0 Å². The molecule has 0 aromatic heterocycles. The summed E-state index contributed by atoms with van der Waals surface area (Å²) in [6.07, 6.45) is 1.69. The van der Waals surface area contributed by atoms with E-state index in [-0.39, 0.29) is 6.16 Å². The van der Waals surface area contributed by atoms with Crippen LogP contribution in [0.3, 0.4) is 0 Å². The van der Waals surface area contributed by atoms with Gasteiger partial charge in [-0.15, -0.1) is 0 Å². The van der Waals surface area contributed by atoms with Gasteiger partial charge >= 0.3 is 7.60 Å². The number of rotatable bonds is 4. The fourth-order valence-corrected chi connectivity index (χ4v) is 1.23. The first-order valence-electron chi connectivity index (χ1n) is 2.82. The Morgan fingerprint density at radius 1 is 1.78 bits per heavy atom. The minimum Gasteiger partial charge on any atom is -0.323 e. The molecule has 1 unspecified atom stereocenters. The van der Waals surface area contributed by atoms with Gasteiger partial charge in [0.05, 0.1) is 6.16 Å². The van der Waals surface area contributed by atoms with E-state index in [2.05, 4.69) is 10.5 Å². The number of nitrogens with two attached hydrogens (primary N) is 1. The Balaban J connectivity index is 3.46. The predicted octanol–water partition coefficient (Wildman–Crippen LogP) is 0.862. The molecule has 0 saturated heterocycles. The van der Waals surface area contributed by atoms with E-state index in [1.165, 1.54) is 0 Å². The minimum atomic E-state index is -3.41. The van der Waals surface area contributed by atoms with Gasteiger partial charge in [0.2, 0.25) is 0 Å². The third-order valence-electron chi connectivity index (χ3n) is 0.959. The summed E-state index contributed by atoms with van der Waals surface area (Å²) < 4.78 is 14.4. The molecular weight excluding hydrogens is 141 g/mol. The molecule has 0 heterocycles. The van der Waals surface area contributed by atoms with E-state index in [4.69, 9.17) is 4.89 Å². The lowest BCUT2D eigenvalue weighted by Gasteiger charge is -2.04. The molecule has 56 valence electrons. The SMILES string of the molecule is CCCCP(=O)(O)ON. The van der Waals surface area contributed by atoms with Crippen LogP contribution in [0.15, 0.2) is 0 Å². The largest absolute Gasteiger partial charge is 0.344 e. The van der Waals surface area contributed by atoms with E-state index >= 15 is 0 Å². The highest BCUT2D eigenvalue weighted by molar-refractivity contribution is 7.52. The van der Waals surface area contributed by atoms with Crippen molar-refractivity contribution in [2.75, 3.05) is 6.16 Å². The van der Waals surface area contributed by atoms with Crippen LogP contribution in [0.2, 0.25) is 0 Å². The van der Waals surface area contributed by atoms with E-state index in [1.807, 2.05) is 6.92 Å². The fraction of sp³-hybridized carbons (Fsp3) is 1.00. The average molecular weight is 153 g/mol. The van der Waals surface area contributed by atoms with E-state index in [9.17, 15) is 4.57 Å². The summed E-state index contributed by atoms with van der Waals surface area (Å²) in [5, 5.41) is 0. The predicted molar refractivity (Wildman–Crippen MR) is 34.9 cm³/mol. The Hall–Kier alpha value is 0.110. The van der Waals surface area contributed by atoms with E-state index < -0.39 is 7.60 Å². The van der Waals surface area contributed by atoms with Crippen molar-refractivity contribution < 1.29 is 14.1 Å². The maximum absolute atomic E-state index is 10.5. The van der Waals surface area contributed by atoms with Gasteiger partial charge in [-0.25, -0.2) is 10.5 Å². The van der Waals surface area contributed by atoms with Gasteiger partial charge < -0.3 is 4.89 Å². The highest BCUT2D eigenvalue weighted by Crippen LogP contribution is 2.40. The van der Waals surface area contributed by atoms with E-state index in [1.54, 1.807) is 0 Å². The molecule has 0 aromatic rings. The molecule has 0 aromatic carbocycles. The van der Waals surface area contributed by atoms with Gasteiger partial charge in [0.25, 0.3) is 0 Å². The van der Waals surface area contributed by atoms with Crippen LogP contribution in [0, 0.1) is 0 Å². The summed E-state index contributed by atoms with van der Waals surface area (Å²) >= 11 is 0. The minimum absolute atomic E-state index is 0.153. The zero-order chi connectivity index (χ0) is 7.33. The summed E-state index contributed by atoms with van der Waals surface area (Å²) in [5.74, 6) is 4.53. The molecule has 0 aliphatic carbocycles. The van der Waals surface area contributed by atoms with E-state index in [0.29, 0.717) is 6.42 Å². The number of hydrogen-bond donors (Lipinski definition) is 2. The van der Waals surface area contributed by atoms with Crippen molar-refractivity contribution in [3.05, 3.63) is 0 Å². The lowest BCUT2D eigenvalue weighted by atomic mass is 10.4. The highest BCUT2D eigenvalue weighted by Gasteiger charge is 2.15. The molecule has 0 spiro atoms. The van der Waals surface area contributed by atoms with Gasteiger partial charge in [-0.3, -0.25) is 4.57 Å². The van der Waals surface area contributed by atoms with Crippen LogP contribution < -0.4 is 5.90 Å². The summed E-state index contributed by atoms with van der Waals surface area (Å²) in [7, 11) is -3.41. The van der Waals surface area contributed by atoms with Crippen LogP contribution in [0.25, 0.3) is 0 Å². The average Bonchev–Trinajstić information content (AvgIpc) is 1.84. The quantitative estimate of drug-likeness (QED) is 0.464. The standard InChI is InChI=1S/C4H12NO3P/c1-2-3-4-9(6,7)8-5/h2-5H2,1H3,(H,6,7). The van der Waals surface area contributed by atoms with Crippen molar-refractivity contribution >= 4 is 7.60 Å². The van der Waals surface area contributed by atoms with Gasteiger partial charge in [-0.05, 0) is 6.42 Å². The normalized spacial score (nSPS) is 17.2. The van der Waals surface area contributed by atoms with Crippen LogP contribution in [0.4, 0.5) is 0 Å². The molecule has 0 rings (SSSR count). The first-order valence-corrected chi connectivity index (χ1v) is 4.59. The molecule has 0 aliphatic heterocycles. The molecule has 0 saturated carbocycles. The van der Waals surface area contributed by atoms with Gasteiger partial charge in [0.15, 0.2) is 0 Å². The molecular formula is C4H12NO3P. The summed E-state index contributed by atoms with van der Waals surface area (Å²) in [4.78, 5) is 8.66. The Labute approximate surface area is 54.5 Å². The van der Waals surface area contributed by atoms with Crippen LogP contribution in [-0.4, -0.2) is 11.1 Å². The number of hydrogen-bond acceptors (Lipinski definition) is 3. The topological polar surface area (TPSA) is 72.5 Å². The zero-order valence-corrected chi connectivity index (χ0v) is 6.30. The Morgan fingerprint density at radius 2 is 2.33 bits per heavy atom. The molecule has 3 N–H and O–H groups in total. The van der Waals surface area contributed by atoms with Crippen LogP contribution in [0.5, 0.6) is 0 Å². The summed E-state index contributed by atoms with van der Waals surface area (Å²) in [6, 6.07) is 0.